The summed E-state index contributed by atoms with van der Waals surface area (Å²) in [5.74, 6) is 0. The minimum atomic E-state index is -1.89. The van der Waals surface area contributed by atoms with Crippen LogP contribution in [-0.2, 0) is 9.05 Å². The summed E-state index contributed by atoms with van der Waals surface area (Å²) in [5, 5.41) is 1.24. The average Bonchev–Trinajstić information content (AvgIpc) is 2.47. The van der Waals surface area contributed by atoms with Crippen LogP contribution in [0.15, 0.2) is 30.3 Å². The Morgan fingerprint density at radius 3 is 1.79 bits per heavy atom. The molecule has 0 saturated heterocycles. The molecule has 0 aromatic heterocycles. The highest BCUT2D eigenvalue weighted by Gasteiger charge is 2.42. The monoisotopic (exact) mass is 283 g/mol. The first-order valence-electron chi connectivity index (χ1n) is 7.51. The second-order valence-electron chi connectivity index (χ2n) is 4.70. The normalized spacial score (nSPS) is 11.7. The van der Waals surface area contributed by atoms with E-state index in [2.05, 4.69) is 45.0 Å². The lowest BCUT2D eigenvalue weighted by atomic mass is 10.4. The van der Waals surface area contributed by atoms with E-state index in [1.807, 2.05) is 6.07 Å². The van der Waals surface area contributed by atoms with E-state index in [-0.39, 0.29) is 0 Å². The molecule has 0 amide bonds. The van der Waals surface area contributed by atoms with Crippen LogP contribution in [0.3, 0.4) is 0 Å². The van der Waals surface area contributed by atoms with Gasteiger partial charge in [0.25, 0.3) is 0 Å². The molecule has 1 aromatic rings. The maximum absolute atomic E-state index is 6.24. The molecule has 3 heteroatoms. The largest absolute Gasteiger partial charge is 0.306 e. The van der Waals surface area contributed by atoms with Crippen molar-refractivity contribution < 1.29 is 9.05 Å². The van der Waals surface area contributed by atoms with Crippen LogP contribution in [0.25, 0.3) is 0 Å². The predicted octanol–water partition coefficient (Wildman–Crippen LogP) is 4.81. The lowest BCUT2D eigenvalue weighted by molar-refractivity contribution is 0.233. The maximum Gasteiger partial charge on any atom is 0.306 e. The van der Waals surface area contributed by atoms with Crippen molar-refractivity contribution in [3.8, 4) is 0 Å². The van der Waals surface area contributed by atoms with Crippen molar-refractivity contribution in [2.45, 2.75) is 46.5 Å². The van der Waals surface area contributed by atoms with Gasteiger partial charge in [0, 0.05) is 0 Å². The first-order valence-corrected chi connectivity index (χ1v) is 9.32. The van der Waals surface area contributed by atoms with Crippen molar-refractivity contribution in [2.24, 2.45) is 0 Å². The van der Waals surface area contributed by atoms with Crippen molar-refractivity contribution in [1.82, 2.24) is 0 Å². The van der Waals surface area contributed by atoms with Gasteiger partial charge in [0.2, 0.25) is 0 Å². The first-order chi connectivity index (χ1) is 9.29. The van der Waals surface area contributed by atoms with Crippen LogP contribution >= 0.6 is 7.72 Å². The second kappa shape index (κ2) is 9.47. The molecule has 0 fully saturated rings. The van der Waals surface area contributed by atoms with Gasteiger partial charge in [0.05, 0.1) is 13.2 Å². The van der Waals surface area contributed by atoms with Gasteiger partial charge in [-0.3, -0.25) is 0 Å². The Labute approximate surface area is 119 Å². The molecule has 0 unspecified atom stereocenters. The summed E-state index contributed by atoms with van der Waals surface area (Å²) in [6, 6.07) is 10.5. The summed E-state index contributed by atoms with van der Waals surface area (Å²) in [7, 11) is -1.89. The van der Waals surface area contributed by atoms with Gasteiger partial charge in [-0.15, -0.1) is 0 Å². The smallest absolute Gasteiger partial charge is 0.201 e. The highest BCUT2D eigenvalue weighted by Crippen LogP contribution is 2.59. The van der Waals surface area contributed by atoms with E-state index in [1.165, 1.54) is 5.30 Å². The lowest BCUT2D eigenvalue weighted by Gasteiger charge is -2.23. The number of hydrogen-bond donors (Lipinski definition) is 0. The van der Waals surface area contributed by atoms with E-state index in [0.717, 1.165) is 45.1 Å². The van der Waals surface area contributed by atoms with Gasteiger partial charge in [0.1, 0.15) is 6.16 Å². The summed E-state index contributed by atoms with van der Waals surface area (Å²) >= 11 is 0. The van der Waals surface area contributed by atoms with Gasteiger partial charge in [-0.25, -0.2) is 9.05 Å². The Bertz CT molecular complexity index is 317. The Morgan fingerprint density at radius 2 is 1.37 bits per heavy atom. The fraction of sp³-hybridized carbons (Fsp3) is 0.625. The van der Waals surface area contributed by atoms with Crippen LogP contribution in [-0.4, -0.2) is 19.4 Å². The molecule has 0 aliphatic rings. The molecule has 0 atom stereocenters. The van der Waals surface area contributed by atoms with Gasteiger partial charge in [-0.05, 0) is 31.9 Å². The molecular formula is C16H28O2P+. The molecule has 0 aliphatic heterocycles. The summed E-state index contributed by atoms with van der Waals surface area (Å²) in [6.45, 7) is 8.17. The van der Waals surface area contributed by atoms with E-state index in [1.54, 1.807) is 0 Å². The molecule has 0 aliphatic carbocycles. The molecule has 0 spiro atoms. The molecular weight excluding hydrogens is 255 g/mol. The minimum absolute atomic E-state index is 0.805. The number of unbranched alkanes of at least 4 members (excludes halogenated alkanes) is 2. The summed E-state index contributed by atoms with van der Waals surface area (Å²) in [5.41, 5.74) is 0. The third-order valence-electron chi connectivity index (χ3n) is 3.16. The average molecular weight is 283 g/mol. The Kier molecular flexibility index (Phi) is 8.29. The summed E-state index contributed by atoms with van der Waals surface area (Å²) < 4.78 is 12.5. The Hall–Kier alpha value is -0.430. The number of benzene rings is 1. The van der Waals surface area contributed by atoms with Gasteiger partial charge < -0.3 is 0 Å². The lowest BCUT2D eigenvalue weighted by Crippen LogP contribution is -2.19. The fourth-order valence-electron chi connectivity index (χ4n) is 1.92. The molecule has 2 nitrogen and oxygen atoms in total. The zero-order valence-corrected chi connectivity index (χ0v) is 13.5. The molecule has 0 N–H and O–H groups in total. The van der Waals surface area contributed by atoms with Crippen LogP contribution in [0, 0.1) is 0 Å². The molecule has 0 saturated carbocycles. The van der Waals surface area contributed by atoms with Crippen LogP contribution in [0.5, 0.6) is 0 Å². The second-order valence-corrected chi connectivity index (χ2v) is 7.71. The zero-order valence-electron chi connectivity index (χ0n) is 12.6. The van der Waals surface area contributed by atoms with Gasteiger partial charge in [-0.1, -0.05) is 44.9 Å². The van der Waals surface area contributed by atoms with E-state index in [0.29, 0.717) is 0 Å². The topological polar surface area (TPSA) is 18.5 Å². The van der Waals surface area contributed by atoms with Crippen molar-refractivity contribution in [1.29, 1.82) is 0 Å². The van der Waals surface area contributed by atoms with E-state index < -0.39 is 7.72 Å². The summed E-state index contributed by atoms with van der Waals surface area (Å²) in [6.07, 6.45) is 5.48. The first kappa shape index (κ1) is 16.6. The van der Waals surface area contributed by atoms with Gasteiger partial charge in [-0.2, -0.15) is 0 Å². The third-order valence-corrected chi connectivity index (χ3v) is 6.28. The molecule has 1 aromatic carbocycles. The van der Waals surface area contributed by atoms with Crippen LogP contribution in [0.1, 0.15) is 46.5 Å². The number of rotatable bonds is 10. The quantitative estimate of drug-likeness (QED) is 0.453. The minimum Gasteiger partial charge on any atom is -0.201 e. The Morgan fingerprint density at radius 1 is 0.842 bits per heavy atom. The Balaban J connectivity index is 2.79. The zero-order chi connectivity index (χ0) is 14.0. The van der Waals surface area contributed by atoms with Crippen LogP contribution < -0.4 is 5.30 Å². The standard InChI is InChI=1S/C16H28O2P/c1-4-7-14-17-19(6-3,18-15-8-5-2)16-12-10-9-11-13-16/h9-13H,4-8,14-15H2,1-3H3/q+1. The highest BCUT2D eigenvalue weighted by atomic mass is 31.2. The molecule has 1 rings (SSSR count). The van der Waals surface area contributed by atoms with E-state index in [9.17, 15) is 0 Å². The molecule has 0 heterocycles. The molecule has 108 valence electrons. The maximum atomic E-state index is 6.24. The van der Waals surface area contributed by atoms with E-state index in [4.69, 9.17) is 9.05 Å². The molecule has 19 heavy (non-hydrogen) atoms. The predicted molar refractivity (Wildman–Crippen MR) is 85.3 cm³/mol. The number of hydrogen-bond acceptors (Lipinski definition) is 2. The van der Waals surface area contributed by atoms with Gasteiger partial charge >= 0.3 is 7.72 Å². The fourth-order valence-corrected chi connectivity index (χ4v) is 4.50. The van der Waals surface area contributed by atoms with Crippen LogP contribution in [0.4, 0.5) is 0 Å². The highest BCUT2D eigenvalue weighted by molar-refractivity contribution is 7.74. The van der Waals surface area contributed by atoms with Crippen LogP contribution in [0.2, 0.25) is 0 Å². The van der Waals surface area contributed by atoms with Crippen molar-refractivity contribution in [2.75, 3.05) is 19.4 Å². The molecule has 0 radical (unpaired) electrons. The molecule has 0 bridgehead atoms. The third kappa shape index (κ3) is 5.22. The van der Waals surface area contributed by atoms with Crippen molar-refractivity contribution >= 4 is 13.0 Å². The van der Waals surface area contributed by atoms with Crippen molar-refractivity contribution in [3.63, 3.8) is 0 Å². The van der Waals surface area contributed by atoms with Crippen molar-refractivity contribution in [3.05, 3.63) is 30.3 Å². The summed E-state index contributed by atoms with van der Waals surface area (Å²) in [4.78, 5) is 0. The van der Waals surface area contributed by atoms with Gasteiger partial charge in [0.15, 0.2) is 5.30 Å². The van der Waals surface area contributed by atoms with E-state index >= 15 is 0 Å². The SMILES string of the molecule is CCCCO[P+](CC)(OCCCC)c1ccccc1.